The smallest absolute Gasteiger partial charge is 0.395 e. The number of hydrogen-bond acceptors (Lipinski definition) is 3. The van der Waals surface area contributed by atoms with Gasteiger partial charge in [0.1, 0.15) is 6.04 Å². The molecule has 0 fully saturated rings. The average Bonchev–Trinajstić information content (AvgIpc) is 2.34. The van der Waals surface area contributed by atoms with Crippen LogP contribution in [0, 0.1) is 0 Å². The van der Waals surface area contributed by atoms with Crippen molar-refractivity contribution < 1.29 is 23.1 Å². The van der Waals surface area contributed by atoms with Crippen LogP contribution in [0.25, 0.3) is 0 Å². The number of alkyl halides is 3. The summed E-state index contributed by atoms with van der Waals surface area (Å²) in [5.74, 6) is -0.763. The van der Waals surface area contributed by atoms with E-state index in [1.807, 2.05) is 0 Å². The second-order valence-electron chi connectivity index (χ2n) is 3.58. The molecule has 0 aromatic heterocycles. The molecule has 0 radical (unpaired) electrons. The second-order valence-corrected chi connectivity index (χ2v) is 3.58. The van der Waals surface area contributed by atoms with Crippen LogP contribution in [0.15, 0.2) is 24.3 Å². The van der Waals surface area contributed by atoms with E-state index in [2.05, 4.69) is 5.32 Å². The Bertz CT molecular complexity index is 427. The summed E-state index contributed by atoms with van der Waals surface area (Å²) < 4.78 is 38.1. The van der Waals surface area contributed by atoms with Gasteiger partial charge in [-0.25, -0.2) is 0 Å². The Balaban J connectivity index is 0.00000324. The normalized spacial score (nSPS) is 12.5. The van der Waals surface area contributed by atoms with Gasteiger partial charge in [-0.15, -0.1) is 12.4 Å². The molecule has 0 saturated carbocycles. The first-order valence-corrected chi connectivity index (χ1v) is 5.18. The molecule has 0 heterocycles. The molecule has 4 N–H and O–H groups in total. The zero-order chi connectivity index (χ0) is 13.8. The van der Waals surface area contributed by atoms with Gasteiger partial charge in [0.25, 0.3) is 0 Å². The summed E-state index contributed by atoms with van der Waals surface area (Å²) in [5.41, 5.74) is 4.26. The minimum atomic E-state index is -4.56. The van der Waals surface area contributed by atoms with E-state index in [1.54, 1.807) is 0 Å². The lowest BCUT2D eigenvalue weighted by molar-refractivity contribution is -0.138. The van der Waals surface area contributed by atoms with Crippen LogP contribution in [0.4, 0.5) is 13.2 Å². The van der Waals surface area contributed by atoms with Gasteiger partial charge in [-0.2, -0.15) is 13.2 Å². The third-order valence-electron chi connectivity index (χ3n) is 2.29. The highest BCUT2D eigenvalue weighted by Gasteiger charge is 2.35. The number of hydrogen-bond donors (Lipinski definition) is 3. The van der Waals surface area contributed by atoms with E-state index < -0.39 is 23.7 Å². The largest absolute Gasteiger partial charge is 0.416 e. The van der Waals surface area contributed by atoms with Gasteiger partial charge in [-0.05, 0) is 11.6 Å². The van der Waals surface area contributed by atoms with Crippen LogP contribution in [0.1, 0.15) is 17.2 Å². The van der Waals surface area contributed by atoms with Crippen LogP contribution >= 0.6 is 12.4 Å². The predicted octanol–water partition coefficient (Wildman–Crippen LogP) is 1.24. The zero-order valence-corrected chi connectivity index (χ0v) is 10.6. The van der Waals surface area contributed by atoms with Crippen molar-refractivity contribution in [2.75, 3.05) is 13.2 Å². The molecule has 1 atom stereocenters. The van der Waals surface area contributed by atoms with Crippen molar-refractivity contribution in [1.82, 2.24) is 5.32 Å². The third kappa shape index (κ3) is 4.70. The Hall–Kier alpha value is -1.31. The Labute approximate surface area is 114 Å². The molecule has 4 nitrogen and oxygen atoms in total. The van der Waals surface area contributed by atoms with E-state index in [9.17, 15) is 18.0 Å². The molecule has 1 rings (SSSR count). The SMILES string of the molecule is Cl.NC(C(=O)NCCO)c1ccccc1C(F)(F)F. The molecule has 0 aliphatic rings. The van der Waals surface area contributed by atoms with Crippen molar-refractivity contribution in [1.29, 1.82) is 0 Å². The molecule has 8 heteroatoms. The monoisotopic (exact) mass is 298 g/mol. The molecular formula is C11H14ClF3N2O2. The summed E-state index contributed by atoms with van der Waals surface area (Å²) in [6.07, 6.45) is -4.56. The van der Waals surface area contributed by atoms with Crippen molar-refractivity contribution in [3.8, 4) is 0 Å². The van der Waals surface area contributed by atoms with Crippen LogP contribution in [0.2, 0.25) is 0 Å². The molecule has 19 heavy (non-hydrogen) atoms. The third-order valence-corrected chi connectivity index (χ3v) is 2.29. The average molecular weight is 299 g/mol. The van der Waals surface area contributed by atoms with Gasteiger partial charge in [-0.1, -0.05) is 18.2 Å². The summed E-state index contributed by atoms with van der Waals surface area (Å²) in [6.45, 7) is -0.361. The molecule has 1 aromatic carbocycles. The number of aliphatic hydroxyl groups is 1. The van der Waals surface area contributed by atoms with Gasteiger partial charge in [0, 0.05) is 6.54 Å². The highest BCUT2D eigenvalue weighted by Crippen LogP contribution is 2.33. The first-order chi connectivity index (χ1) is 8.38. The Morgan fingerprint density at radius 3 is 2.47 bits per heavy atom. The Morgan fingerprint density at radius 1 is 1.37 bits per heavy atom. The fourth-order valence-corrected chi connectivity index (χ4v) is 1.46. The highest BCUT2D eigenvalue weighted by atomic mass is 35.5. The number of aliphatic hydroxyl groups excluding tert-OH is 1. The van der Waals surface area contributed by atoms with Crippen LogP contribution in [-0.4, -0.2) is 24.2 Å². The van der Waals surface area contributed by atoms with Gasteiger partial charge < -0.3 is 16.2 Å². The van der Waals surface area contributed by atoms with Crippen molar-refractivity contribution >= 4 is 18.3 Å². The molecule has 0 bridgehead atoms. The summed E-state index contributed by atoms with van der Waals surface area (Å²) in [4.78, 5) is 11.5. The summed E-state index contributed by atoms with van der Waals surface area (Å²) in [5, 5.41) is 10.7. The summed E-state index contributed by atoms with van der Waals surface area (Å²) >= 11 is 0. The molecule has 0 aliphatic heterocycles. The molecule has 1 amide bonds. The minimum Gasteiger partial charge on any atom is -0.395 e. The number of halogens is 4. The van der Waals surface area contributed by atoms with Gasteiger partial charge in [0.2, 0.25) is 5.91 Å². The van der Waals surface area contributed by atoms with E-state index in [1.165, 1.54) is 12.1 Å². The Morgan fingerprint density at radius 2 is 1.95 bits per heavy atom. The fraction of sp³-hybridized carbons (Fsp3) is 0.364. The predicted molar refractivity (Wildman–Crippen MR) is 65.7 cm³/mol. The lowest BCUT2D eigenvalue weighted by atomic mass is 10.00. The van der Waals surface area contributed by atoms with E-state index >= 15 is 0 Å². The van der Waals surface area contributed by atoms with Gasteiger partial charge in [-0.3, -0.25) is 4.79 Å². The van der Waals surface area contributed by atoms with Crippen molar-refractivity contribution in [3.05, 3.63) is 35.4 Å². The molecule has 0 spiro atoms. The molecule has 1 aromatic rings. The lowest BCUT2D eigenvalue weighted by Crippen LogP contribution is -2.36. The number of carbonyl (C=O) groups excluding carboxylic acids is 1. The maximum absolute atomic E-state index is 12.7. The van der Waals surface area contributed by atoms with Crippen LogP contribution in [-0.2, 0) is 11.0 Å². The number of nitrogens with two attached hydrogens (primary N) is 1. The van der Waals surface area contributed by atoms with Crippen LogP contribution in [0.3, 0.4) is 0 Å². The first kappa shape index (κ1) is 17.7. The van der Waals surface area contributed by atoms with Crippen molar-refractivity contribution in [3.63, 3.8) is 0 Å². The van der Waals surface area contributed by atoms with Crippen LogP contribution < -0.4 is 11.1 Å². The highest BCUT2D eigenvalue weighted by molar-refractivity contribution is 5.85. The molecule has 1 unspecified atom stereocenters. The molecule has 0 saturated heterocycles. The number of carbonyl (C=O) groups is 1. The second kappa shape index (κ2) is 7.32. The molecule has 0 aliphatic carbocycles. The maximum Gasteiger partial charge on any atom is 0.416 e. The van der Waals surface area contributed by atoms with Crippen molar-refractivity contribution in [2.24, 2.45) is 5.73 Å². The number of rotatable bonds is 4. The maximum atomic E-state index is 12.7. The fourth-order valence-electron chi connectivity index (χ4n) is 1.46. The van der Waals surface area contributed by atoms with E-state index in [-0.39, 0.29) is 31.1 Å². The summed E-state index contributed by atoms with van der Waals surface area (Å²) in [6, 6.07) is 3.21. The summed E-state index contributed by atoms with van der Waals surface area (Å²) in [7, 11) is 0. The number of nitrogens with one attached hydrogen (secondary N) is 1. The number of amides is 1. The number of benzene rings is 1. The van der Waals surface area contributed by atoms with Crippen molar-refractivity contribution in [2.45, 2.75) is 12.2 Å². The van der Waals surface area contributed by atoms with E-state index in [4.69, 9.17) is 10.8 Å². The standard InChI is InChI=1S/C11H13F3N2O2.ClH/c12-11(13,14)8-4-2-1-3-7(8)9(15)10(18)16-5-6-17;/h1-4,9,17H,5-6,15H2,(H,16,18);1H. The quantitative estimate of drug-likeness (QED) is 0.783. The van der Waals surface area contributed by atoms with Gasteiger partial charge in [0.15, 0.2) is 0 Å². The van der Waals surface area contributed by atoms with E-state index in [0.29, 0.717) is 0 Å². The zero-order valence-electron chi connectivity index (χ0n) is 9.78. The molecular weight excluding hydrogens is 285 g/mol. The topological polar surface area (TPSA) is 75.4 Å². The van der Waals surface area contributed by atoms with Gasteiger partial charge >= 0.3 is 6.18 Å². The first-order valence-electron chi connectivity index (χ1n) is 5.18. The molecule has 108 valence electrons. The lowest BCUT2D eigenvalue weighted by Gasteiger charge is -2.17. The Kier molecular flexibility index (Phi) is 6.82. The van der Waals surface area contributed by atoms with E-state index in [0.717, 1.165) is 12.1 Å². The van der Waals surface area contributed by atoms with Gasteiger partial charge in [0.05, 0.1) is 12.2 Å². The van der Waals surface area contributed by atoms with Crippen LogP contribution in [0.5, 0.6) is 0 Å². The minimum absolute atomic E-state index is 0.